The molecule has 1 N–H and O–H groups in total. The molecule has 10 nitrogen and oxygen atoms in total. The van der Waals surface area contributed by atoms with Crippen LogP contribution in [-0.4, -0.2) is 84.6 Å². The van der Waals surface area contributed by atoms with Gasteiger partial charge in [-0.3, -0.25) is 19.2 Å². The second kappa shape index (κ2) is 11.2. The summed E-state index contributed by atoms with van der Waals surface area (Å²) in [6.45, 7) is 7.21. The van der Waals surface area contributed by atoms with E-state index in [1.165, 1.54) is 0 Å². The average Bonchev–Trinajstić information content (AvgIpc) is 3.19. The maximum Gasteiger partial charge on any atom is 0.290 e. The first kappa shape index (κ1) is 21.5. The van der Waals surface area contributed by atoms with Gasteiger partial charge in [-0.25, -0.2) is 0 Å². The monoisotopic (exact) mass is 391 g/mol. The lowest BCUT2D eigenvalue weighted by Gasteiger charge is -2.22. The van der Waals surface area contributed by atoms with Gasteiger partial charge in [0.05, 0.1) is 0 Å². The maximum absolute atomic E-state index is 12.5. The number of hydrogen-bond acceptors (Lipinski definition) is 6. The van der Waals surface area contributed by atoms with Gasteiger partial charge in [0.1, 0.15) is 12.2 Å². The van der Waals surface area contributed by atoms with E-state index in [0.717, 1.165) is 63.6 Å². The Kier molecular flexibility index (Phi) is 8.60. The highest BCUT2D eigenvalue weighted by Crippen LogP contribution is 2.08. The molecule has 0 unspecified atom stereocenters. The first-order valence-corrected chi connectivity index (χ1v) is 9.44. The largest absolute Gasteiger partial charge is 0.483 e. The molecule has 0 atom stereocenters. The van der Waals surface area contributed by atoms with E-state index < -0.39 is 0 Å². The molecular weight excluding hydrogens is 362 g/mol. The van der Waals surface area contributed by atoms with Crippen molar-refractivity contribution in [1.82, 2.24) is 34.3 Å². The number of carbonyl (C=O) groups excluding carboxylic acids is 1. The fraction of sp³-hybridized carbons (Fsp3) is 0.611. The molecule has 3 rings (SSSR count). The summed E-state index contributed by atoms with van der Waals surface area (Å²) in [6, 6.07) is 1.98. The summed E-state index contributed by atoms with van der Waals surface area (Å²) in [5, 5.41) is 19.0. The molecule has 10 heteroatoms. The summed E-state index contributed by atoms with van der Waals surface area (Å²) < 4.78 is 3.91. The Hall–Kier alpha value is -2.75. The molecule has 1 aliphatic rings. The number of rotatable bonds is 6. The molecule has 0 spiro atoms. The molecule has 1 saturated heterocycles. The van der Waals surface area contributed by atoms with Crippen molar-refractivity contribution >= 4 is 12.4 Å². The van der Waals surface area contributed by atoms with Crippen LogP contribution in [0.2, 0.25) is 0 Å². The molecule has 1 fully saturated rings. The van der Waals surface area contributed by atoms with E-state index in [-0.39, 0.29) is 12.4 Å². The van der Waals surface area contributed by atoms with Gasteiger partial charge in [0.2, 0.25) is 5.91 Å². The van der Waals surface area contributed by atoms with Gasteiger partial charge in [-0.1, -0.05) is 0 Å². The first-order valence-electron chi connectivity index (χ1n) is 9.44. The van der Waals surface area contributed by atoms with E-state index in [1.807, 2.05) is 29.6 Å². The summed E-state index contributed by atoms with van der Waals surface area (Å²) in [7, 11) is 1.92. The molecule has 0 saturated carbocycles. The number of amides is 1. The van der Waals surface area contributed by atoms with Crippen LogP contribution in [0, 0.1) is 6.92 Å². The Morgan fingerprint density at radius 3 is 2.68 bits per heavy atom. The molecule has 2 aromatic rings. The zero-order chi connectivity index (χ0) is 20.4. The van der Waals surface area contributed by atoms with E-state index in [0.29, 0.717) is 6.42 Å². The summed E-state index contributed by atoms with van der Waals surface area (Å²) in [4.78, 5) is 25.3. The van der Waals surface area contributed by atoms with E-state index in [4.69, 9.17) is 9.90 Å². The summed E-state index contributed by atoms with van der Waals surface area (Å²) in [5.74, 6) is 1.19. The zero-order valence-electron chi connectivity index (χ0n) is 16.6. The van der Waals surface area contributed by atoms with Gasteiger partial charge in [0.25, 0.3) is 6.47 Å². The molecule has 1 aliphatic heterocycles. The van der Waals surface area contributed by atoms with Crippen molar-refractivity contribution in [3.63, 3.8) is 0 Å². The minimum absolute atomic E-state index is 0.248. The predicted molar refractivity (Wildman–Crippen MR) is 103 cm³/mol. The lowest BCUT2D eigenvalue weighted by molar-refractivity contribution is -0.131. The highest BCUT2D eigenvalue weighted by molar-refractivity contribution is 5.76. The third-order valence-electron chi connectivity index (χ3n) is 4.92. The third-order valence-corrected chi connectivity index (χ3v) is 4.92. The fourth-order valence-electron chi connectivity index (χ4n) is 3.26. The fourth-order valence-corrected chi connectivity index (χ4v) is 3.26. The Labute approximate surface area is 164 Å². The summed E-state index contributed by atoms with van der Waals surface area (Å²) in [6.07, 6.45) is 5.89. The van der Waals surface area contributed by atoms with E-state index in [9.17, 15) is 4.79 Å². The number of nitrogens with zero attached hydrogens (tertiary/aromatic N) is 7. The Balaban J connectivity index is 0.000000878. The van der Waals surface area contributed by atoms with Crippen LogP contribution in [0.15, 0.2) is 18.6 Å². The molecule has 2 aromatic heterocycles. The van der Waals surface area contributed by atoms with Crippen molar-refractivity contribution in [2.75, 3.05) is 32.7 Å². The van der Waals surface area contributed by atoms with Gasteiger partial charge in [-0.15, -0.1) is 10.2 Å². The summed E-state index contributed by atoms with van der Waals surface area (Å²) >= 11 is 0. The van der Waals surface area contributed by atoms with Gasteiger partial charge >= 0.3 is 0 Å². The van der Waals surface area contributed by atoms with Crippen molar-refractivity contribution in [3.8, 4) is 0 Å². The second-order valence-electron chi connectivity index (χ2n) is 6.70. The normalized spacial score (nSPS) is 14.9. The van der Waals surface area contributed by atoms with E-state index >= 15 is 0 Å². The molecule has 1 amide bonds. The molecule has 0 aromatic carbocycles. The minimum atomic E-state index is -0.250. The van der Waals surface area contributed by atoms with E-state index in [1.54, 1.807) is 12.5 Å². The predicted octanol–water partition coefficient (Wildman–Crippen LogP) is 0.188. The van der Waals surface area contributed by atoms with Crippen molar-refractivity contribution in [2.45, 2.75) is 32.7 Å². The van der Waals surface area contributed by atoms with Crippen molar-refractivity contribution in [1.29, 1.82) is 0 Å². The van der Waals surface area contributed by atoms with Crippen LogP contribution in [0.25, 0.3) is 0 Å². The number of aromatic nitrogens is 5. The first-order chi connectivity index (χ1) is 13.5. The van der Waals surface area contributed by atoms with Crippen molar-refractivity contribution < 1.29 is 14.7 Å². The van der Waals surface area contributed by atoms with Gasteiger partial charge in [0.15, 0.2) is 0 Å². The topological polar surface area (TPSA) is 109 Å². The quantitative estimate of drug-likeness (QED) is 0.700. The molecular formula is C18H29N7O3. The highest BCUT2D eigenvalue weighted by atomic mass is 16.3. The standard InChI is InChI=1S/C17H27N7O.CH2O2/c1-15-20-18-14-24(15)13-11-22-8-3-9-23(12-10-22)17(25)5-4-16-6-7-19-21(16)2;2-1-3/h6-7,14H,3-5,8-13H2,1-2H3;1H,(H,2,3). The van der Waals surface area contributed by atoms with Crippen LogP contribution in [0.1, 0.15) is 24.4 Å². The van der Waals surface area contributed by atoms with Gasteiger partial charge < -0.3 is 14.6 Å². The summed E-state index contributed by atoms with van der Waals surface area (Å²) in [5.41, 5.74) is 1.11. The average molecular weight is 391 g/mol. The van der Waals surface area contributed by atoms with Crippen LogP contribution in [0.3, 0.4) is 0 Å². The van der Waals surface area contributed by atoms with Gasteiger partial charge in [0, 0.05) is 58.1 Å². The lowest BCUT2D eigenvalue weighted by atomic mass is 10.2. The van der Waals surface area contributed by atoms with Crippen LogP contribution in [-0.2, 0) is 29.6 Å². The van der Waals surface area contributed by atoms with Gasteiger partial charge in [-0.05, 0) is 32.4 Å². The SMILES string of the molecule is Cc1nncn1CCN1CCCN(C(=O)CCc2ccnn2C)CC1.O=CO. The number of aryl methyl sites for hydroxylation is 3. The maximum atomic E-state index is 12.5. The lowest BCUT2D eigenvalue weighted by Crippen LogP contribution is -2.36. The zero-order valence-corrected chi connectivity index (χ0v) is 16.6. The van der Waals surface area contributed by atoms with Crippen LogP contribution in [0.5, 0.6) is 0 Å². The molecule has 28 heavy (non-hydrogen) atoms. The molecule has 0 radical (unpaired) electrons. The third kappa shape index (κ3) is 6.45. The number of carbonyl (C=O) groups is 2. The minimum Gasteiger partial charge on any atom is -0.483 e. The molecule has 0 bridgehead atoms. The van der Waals surface area contributed by atoms with E-state index in [2.05, 4.69) is 24.8 Å². The Bertz CT molecular complexity index is 743. The molecule has 3 heterocycles. The van der Waals surface area contributed by atoms with Gasteiger partial charge in [-0.2, -0.15) is 5.10 Å². The van der Waals surface area contributed by atoms with Crippen molar-refractivity contribution in [3.05, 3.63) is 30.1 Å². The van der Waals surface area contributed by atoms with Crippen LogP contribution in [0.4, 0.5) is 0 Å². The molecule has 0 aliphatic carbocycles. The Morgan fingerprint density at radius 2 is 2.04 bits per heavy atom. The Morgan fingerprint density at radius 1 is 1.25 bits per heavy atom. The molecule has 154 valence electrons. The second-order valence-corrected chi connectivity index (χ2v) is 6.70. The number of hydrogen-bond donors (Lipinski definition) is 1. The number of carboxylic acid groups (broad SMARTS) is 1. The smallest absolute Gasteiger partial charge is 0.290 e. The highest BCUT2D eigenvalue weighted by Gasteiger charge is 2.19. The van der Waals surface area contributed by atoms with Crippen molar-refractivity contribution in [2.24, 2.45) is 7.05 Å². The van der Waals surface area contributed by atoms with Crippen LogP contribution < -0.4 is 0 Å². The van der Waals surface area contributed by atoms with Crippen LogP contribution >= 0.6 is 0 Å².